The molecule has 1 heteroatoms. The molecule has 1 nitrogen and oxygen atoms in total. The van der Waals surface area contributed by atoms with E-state index in [-0.39, 0.29) is 5.41 Å². The van der Waals surface area contributed by atoms with Gasteiger partial charge in [-0.2, -0.15) is 0 Å². The zero-order chi connectivity index (χ0) is 13.8. The van der Waals surface area contributed by atoms with E-state index in [9.17, 15) is 4.79 Å². The summed E-state index contributed by atoms with van der Waals surface area (Å²) in [5, 5.41) is 0. The molecular formula is C16H32O. The molecular weight excluding hydrogens is 208 g/mol. The maximum absolute atomic E-state index is 12.6. The number of hydrogen-bond donors (Lipinski definition) is 0. The first-order valence-electron chi connectivity index (χ1n) is 7.14. The predicted molar refractivity (Wildman–Crippen MR) is 76.0 cm³/mol. The van der Waals surface area contributed by atoms with E-state index in [1.807, 2.05) is 0 Å². The Kier molecular flexibility index (Phi) is 6.43. The van der Waals surface area contributed by atoms with Gasteiger partial charge in [-0.15, -0.1) is 0 Å². The first kappa shape index (κ1) is 16.7. The average molecular weight is 240 g/mol. The summed E-state index contributed by atoms with van der Waals surface area (Å²) in [6.45, 7) is 17.5. The molecule has 0 aromatic heterocycles. The van der Waals surface area contributed by atoms with Gasteiger partial charge in [-0.05, 0) is 30.1 Å². The van der Waals surface area contributed by atoms with Crippen molar-refractivity contribution in [3.8, 4) is 0 Å². The molecule has 0 radical (unpaired) electrons. The fraction of sp³-hybridized carbons (Fsp3) is 0.938. The van der Waals surface area contributed by atoms with Gasteiger partial charge in [0.2, 0.25) is 0 Å². The number of rotatable bonds is 7. The van der Waals surface area contributed by atoms with Crippen LogP contribution in [-0.2, 0) is 4.79 Å². The van der Waals surface area contributed by atoms with Crippen LogP contribution in [0.2, 0.25) is 0 Å². The fourth-order valence-electron chi connectivity index (χ4n) is 2.28. The minimum atomic E-state index is -0.142. The van der Waals surface area contributed by atoms with Gasteiger partial charge in [-0.3, -0.25) is 4.79 Å². The van der Waals surface area contributed by atoms with Crippen LogP contribution in [0.1, 0.15) is 68.2 Å². The van der Waals surface area contributed by atoms with Crippen molar-refractivity contribution in [2.45, 2.75) is 68.2 Å². The quantitative estimate of drug-likeness (QED) is 0.615. The normalized spacial score (nSPS) is 17.6. The molecule has 102 valence electrons. The van der Waals surface area contributed by atoms with Crippen LogP contribution in [0.15, 0.2) is 0 Å². The molecule has 2 unspecified atom stereocenters. The van der Waals surface area contributed by atoms with Crippen LogP contribution in [0.3, 0.4) is 0 Å². The van der Waals surface area contributed by atoms with Crippen LogP contribution in [0.5, 0.6) is 0 Å². The molecule has 0 aromatic carbocycles. The largest absolute Gasteiger partial charge is 0.299 e. The van der Waals surface area contributed by atoms with Crippen molar-refractivity contribution >= 4 is 5.78 Å². The zero-order valence-corrected chi connectivity index (χ0v) is 13.1. The average Bonchev–Trinajstić information content (AvgIpc) is 2.15. The van der Waals surface area contributed by atoms with E-state index in [0.29, 0.717) is 29.5 Å². The van der Waals surface area contributed by atoms with Crippen molar-refractivity contribution in [1.29, 1.82) is 0 Å². The Balaban J connectivity index is 4.77. The summed E-state index contributed by atoms with van der Waals surface area (Å²) in [5.41, 5.74) is -0.142. The van der Waals surface area contributed by atoms with E-state index in [1.54, 1.807) is 0 Å². The lowest BCUT2D eigenvalue weighted by Crippen LogP contribution is -2.36. The van der Waals surface area contributed by atoms with Crippen LogP contribution < -0.4 is 0 Å². The Bertz CT molecular complexity index is 240. The summed E-state index contributed by atoms with van der Waals surface area (Å²) in [7, 11) is 0. The second kappa shape index (κ2) is 6.56. The Morgan fingerprint density at radius 3 is 1.76 bits per heavy atom. The second-order valence-electron chi connectivity index (χ2n) is 7.02. The van der Waals surface area contributed by atoms with E-state index in [1.165, 1.54) is 0 Å². The van der Waals surface area contributed by atoms with E-state index >= 15 is 0 Å². The molecule has 0 aromatic rings. The Morgan fingerprint density at radius 1 is 1.00 bits per heavy atom. The Morgan fingerprint density at radius 2 is 1.47 bits per heavy atom. The van der Waals surface area contributed by atoms with Crippen LogP contribution >= 0.6 is 0 Å². The number of carbonyl (C=O) groups is 1. The molecule has 0 fully saturated rings. The summed E-state index contributed by atoms with van der Waals surface area (Å²) in [6.07, 6.45) is 1.74. The molecule has 0 bridgehead atoms. The van der Waals surface area contributed by atoms with Crippen molar-refractivity contribution in [1.82, 2.24) is 0 Å². The number of hydrogen-bond acceptors (Lipinski definition) is 1. The van der Waals surface area contributed by atoms with Crippen LogP contribution in [-0.4, -0.2) is 5.78 Å². The highest BCUT2D eigenvalue weighted by Crippen LogP contribution is 2.37. The highest BCUT2D eigenvalue weighted by Gasteiger charge is 2.37. The second-order valence-corrected chi connectivity index (χ2v) is 7.02. The van der Waals surface area contributed by atoms with Crippen LogP contribution in [0.25, 0.3) is 0 Å². The topological polar surface area (TPSA) is 17.1 Å². The third-order valence-electron chi connectivity index (χ3n) is 4.39. The molecule has 17 heavy (non-hydrogen) atoms. The van der Waals surface area contributed by atoms with Gasteiger partial charge in [-0.25, -0.2) is 0 Å². The van der Waals surface area contributed by atoms with E-state index in [4.69, 9.17) is 0 Å². The molecule has 0 heterocycles. The molecule has 0 amide bonds. The first-order chi connectivity index (χ1) is 7.61. The molecule has 2 atom stereocenters. The summed E-state index contributed by atoms with van der Waals surface area (Å²) < 4.78 is 0. The highest BCUT2D eigenvalue weighted by atomic mass is 16.1. The van der Waals surface area contributed by atoms with Crippen LogP contribution in [0.4, 0.5) is 0 Å². The van der Waals surface area contributed by atoms with Gasteiger partial charge in [0, 0.05) is 11.8 Å². The van der Waals surface area contributed by atoms with Crippen molar-refractivity contribution in [3.63, 3.8) is 0 Å². The SMILES string of the molecule is CC(C)CC(C)(C(=O)CC(C)C(C)C)C(C)C. The third kappa shape index (κ3) is 4.81. The molecule has 0 saturated heterocycles. The van der Waals surface area contributed by atoms with E-state index in [0.717, 1.165) is 12.8 Å². The molecule has 0 aliphatic heterocycles. The zero-order valence-electron chi connectivity index (χ0n) is 13.1. The minimum absolute atomic E-state index is 0.142. The molecule has 0 rings (SSSR count). The lowest BCUT2D eigenvalue weighted by Gasteiger charge is -2.35. The smallest absolute Gasteiger partial charge is 0.139 e. The monoisotopic (exact) mass is 240 g/mol. The van der Waals surface area contributed by atoms with Crippen LogP contribution in [0, 0.1) is 29.1 Å². The summed E-state index contributed by atoms with van der Waals surface area (Å²) in [5.74, 6) is 2.56. The van der Waals surface area contributed by atoms with Gasteiger partial charge in [0.15, 0.2) is 0 Å². The third-order valence-corrected chi connectivity index (χ3v) is 4.39. The number of Topliss-reactive ketones (excluding diaryl/α,β-unsaturated/α-hetero) is 1. The summed E-state index contributed by atoms with van der Waals surface area (Å²) >= 11 is 0. The van der Waals surface area contributed by atoms with Gasteiger partial charge in [0.1, 0.15) is 5.78 Å². The fourth-order valence-corrected chi connectivity index (χ4v) is 2.28. The summed E-state index contributed by atoms with van der Waals surface area (Å²) in [6, 6.07) is 0. The molecule has 0 aliphatic carbocycles. The minimum Gasteiger partial charge on any atom is -0.299 e. The van der Waals surface area contributed by atoms with Gasteiger partial charge in [-0.1, -0.05) is 55.4 Å². The van der Waals surface area contributed by atoms with E-state index in [2.05, 4.69) is 55.4 Å². The van der Waals surface area contributed by atoms with Crippen molar-refractivity contribution in [2.75, 3.05) is 0 Å². The molecule has 0 spiro atoms. The lowest BCUT2D eigenvalue weighted by molar-refractivity contribution is -0.132. The first-order valence-corrected chi connectivity index (χ1v) is 7.14. The van der Waals surface area contributed by atoms with Crippen molar-refractivity contribution in [3.05, 3.63) is 0 Å². The molecule has 0 N–H and O–H groups in total. The van der Waals surface area contributed by atoms with Gasteiger partial charge < -0.3 is 0 Å². The maximum atomic E-state index is 12.6. The van der Waals surface area contributed by atoms with Gasteiger partial charge in [0.05, 0.1) is 0 Å². The maximum Gasteiger partial charge on any atom is 0.139 e. The number of ketones is 1. The standard InChI is InChI=1S/C16H32O/c1-11(2)10-16(8,13(5)6)15(17)9-14(7)12(3)4/h11-14H,9-10H2,1-8H3. The lowest BCUT2D eigenvalue weighted by atomic mass is 9.68. The van der Waals surface area contributed by atoms with Crippen molar-refractivity contribution < 1.29 is 4.79 Å². The molecule has 0 aliphatic rings. The van der Waals surface area contributed by atoms with Gasteiger partial charge >= 0.3 is 0 Å². The Hall–Kier alpha value is -0.330. The Labute approximate surface area is 108 Å². The van der Waals surface area contributed by atoms with Gasteiger partial charge in [0.25, 0.3) is 0 Å². The summed E-state index contributed by atoms with van der Waals surface area (Å²) in [4.78, 5) is 12.6. The number of carbonyl (C=O) groups excluding carboxylic acids is 1. The van der Waals surface area contributed by atoms with Crippen molar-refractivity contribution in [2.24, 2.45) is 29.1 Å². The predicted octanol–water partition coefficient (Wildman–Crippen LogP) is 4.95. The highest BCUT2D eigenvalue weighted by molar-refractivity contribution is 5.84. The molecule has 0 saturated carbocycles. The van der Waals surface area contributed by atoms with E-state index < -0.39 is 0 Å².